The lowest BCUT2D eigenvalue weighted by Gasteiger charge is -2.05. The minimum atomic E-state index is -0.367. The van der Waals surface area contributed by atoms with E-state index in [0.717, 1.165) is 23.3 Å². The number of carbonyl (C=O) groups excluding carboxylic acids is 1. The van der Waals surface area contributed by atoms with Crippen molar-refractivity contribution in [1.29, 1.82) is 5.26 Å². The molecule has 1 heterocycles. The van der Waals surface area contributed by atoms with Gasteiger partial charge in [0.2, 0.25) is 0 Å². The largest absolute Gasteiger partial charge is 0.490 e. The molecule has 0 unspecified atom stereocenters. The fourth-order valence-corrected chi connectivity index (χ4v) is 2.34. The summed E-state index contributed by atoms with van der Waals surface area (Å²) in [7, 11) is 1.61. The Morgan fingerprint density at radius 3 is 3.14 bits per heavy atom. The van der Waals surface area contributed by atoms with Crippen LogP contribution in [0.5, 0.6) is 5.75 Å². The van der Waals surface area contributed by atoms with E-state index in [0.29, 0.717) is 19.6 Å². The number of benzene rings is 1. The number of fused-ring (bicyclic) bond motifs is 1. The highest BCUT2D eigenvalue weighted by atomic mass is 16.5. The predicted molar refractivity (Wildman–Crippen MR) is 83.3 cm³/mol. The van der Waals surface area contributed by atoms with Gasteiger partial charge < -0.3 is 14.8 Å². The van der Waals surface area contributed by atoms with Gasteiger partial charge in [0.05, 0.1) is 0 Å². The number of amides is 1. The molecule has 1 amide bonds. The first kappa shape index (κ1) is 16.1. The van der Waals surface area contributed by atoms with E-state index < -0.39 is 0 Å². The molecular weight excluding hydrogens is 280 g/mol. The molecule has 0 spiro atoms. The lowest BCUT2D eigenvalue weighted by atomic mass is 10.1. The van der Waals surface area contributed by atoms with Crippen LogP contribution in [-0.2, 0) is 16.0 Å². The van der Waals surface area contributed by atoms with Gasteiger partial charge in [-0.3, -0.25) is 4.79 Å². The van der Waals surface area contributed by atoms with E-state index in [1.165, 1.54) is 0 Å². The van der Waals surface area contributed by atoms with Crippen molar-refractivity contribution in [2.75, 3.05) is 20.3 Å². The summed E-state index contributed by atoms with van der Waals surface area (Å²) in [6.07, 6.45) is 3.36. The molecule has 1 atom stereocenters. The Hall–Kier alpha value is -2.32. The average Bonchev–Trinajstić information content (AvgIpc) is 2.88. The maximum atomic E-state index is 12.0. The number of nitrogens with zero attached hydrogens (tertiary/aromatic N) is 1. The van der Waals surface area contributed by atoms with E-state index in [9.17, 15) is 4.79 Å². The standard InChI is InChI=1S/C17H20N2O3/c1-12-8-14-5-4-13(10-16(14)22-12)9-15(11-18)17(20)19-6-3-7-21-2/h4-5,9-10,12H,3,6-8H2,1-2H3,(H,19,20)/b15-9-/t12-/m0/s1. The second-order valence-corrected chi connectivity index (χ2v) is 5.27. The summed E-state index contributed by atoms with van der Waals surface area (Å²) >= 11 is 0. The van der Waals surface area contributed by atoms with Crippen molar-refractivity contribution in [2.24, 2.45) is 0 Å². The average molecular weight is 300 g/mol. The maximum Gasteiger partial charge on any atom is 0.261 e. The fourth-order valence-electron chi connectivity index (χ4n) is 2.34. The first-order chi connectivity index (χ1) is 10.6. The molecule has 116 valence electrons. The van der Waals surface area contributed by atoms with Crippen LogP contribution < -0.4 is 10.1 Å². The van der Waals surface area contributed by atoms with Crippen LogP contribution in [0.4, 0.5) is 0 Å². The molecule has 5 nitrogen and oxygen atoms in total. The minimum Gasteiger partial charge on any atom is -0.490 e. The first-order valence-corrected chi connectivity index (χ1v) is 7.32. The summed E-state index contributed by atoms with van der Waals surface area (Å²) in [6, 6.07) is 7.70. The Morgan fingerprint density at radius 2 is 2.41 bits per heavy atom. The van der Waals surface area contributed by atoms with E-state index in [1.54, 1.807) is 13.2 Å². The third-order valence-corrected chi connectivity index (χ3v) is 3.41. The number of rotatable bonds is 6. The van der Waals surface area contributed by atoms with Crippen LogP contribution >= 0.6 is 0 Å². The monoisotopic (exact) mass is 300 g/mol. The SMILES string of the molecule is COCCCNC(=O)/C(C#N)=C\c1ccc2c(c1)O[C@@H](C)C2. The Labute approximate surface area is 130 Å². The van der Waals surface area contributed by atoms with Crippen LogP contribution in [0.2, 0.25) is 0 Å². The van der Waals surface area contributed by atoms with Crippen molar-refractivity contribution in [3.8, 4) is 11.8 Å². The summed E-state index contributed by atoms with van der Waals surface area (Å²) in [5.74, 6) is 0.465. The zero-order valence-electron chi connectivity index (χ0n) is 12.9. The van der Waals surface area contributed by atoms with Crippen LogP contribution in [-0.4, -0.2) is 32.3 Å². The van der Waals surface area contributed by atoms with E-state index >= 15 is 0 Å². The van der Waals surface area contributed by atoms with Gasteiger partial charge in [-0.25, -0.2) is 0 Å². The fraction of sp³-hybridized carbons (Fsp3) is 0.412. The Bertz CT molecular complexity index is 617. The number of hydrogen-bond donors (Lipinski definition) is 1. The van der Waals surface area contributed by atoms with E-state index in [4.69, 9.17) is 14.7 Å². The molecule has 0 fully saturated rings. The smallest absolute Gasteiger partial charge is 0.261 e. The lowest BCUT2D eigenvalue weighted by Crippen LogP contribution is -2.26. The molecule has 1 aliphatic rings. The third kappa shape index (κ3) is 4.09. The van der Waals surface area contributed by atoms with Crippen LogP contribution in [0, 0.1) is 11.3 Å². The second kappa shape index (κ2) is 7.62. The summed E-state index contributed by atoms with van der Waals surface area (Å²) < 4.78 is 10.6. The molecule has 1 aliphatic heterocycles. The maximum absolute atomic E-state index is 12.0. The molecule has 2 rings (SSSR count). The number of carbonyl (C=O) groups is 1. The van der Waals surface area contributed by atoms with Crippen molar-refractivity contribution in [2.45, 2.75) is 25.9 Å². The normalized spacial score (nSPS) is 16.6. The molecule has 0 aromatic heterocycles. The highest BCUT2D eigenvalue weighted by Crippen LogP contribution is 2.30. The summed E-state index contributed by atoms with van der Waals surface area (Å²) in [5, 5.41) is 11.9. The van der Waals surface area contributed by atoms with Gasteiger partial charge in [-0.05, 0) is 36.6 Å². The number of ether oxygens (including phenoxy) is 2. The number of hydrogen-bond acceptors (Lipinski definition) is 4. The third-order valence-electron chi connectivity index (χ3n) is 3.41. The molecule has 1 aromatic rings. The van der Waals surface area contributed by atoms with Crippen molar-refractivity contribution >= 4 is 12.0 Å². The van der Waals surface area contributed by atoms with Gasteiger partial charge in [-0.2, -0.15) is 5.26 Å². The van der Waals surface area contributed by atoms with Gasteiger partial charge in [0.25, 0.3) is 5.91 Å². The van der Waals surface area contributed by atoms with Gasteiger partial charge in [-0.15, -0.1) is 0 Å². The van der Waals surface area contributed by atoms with Crippen LogP contribution in [0.1, 0.15) is 24.5 Å². The molecule has 0 saturated carbocycles. The zero-order valence-corrected chi connectivity index (χ0v) is 12.9. The molecule has 1 aromatic carbocycles. The molecular formula is C17H20N2O3. The molecule has 0 bridgehead atoms. The summed E-state index contributed by atoms with van der Waals surface area (Å²) in [4.78, 5) is 12.0. The van der Waals surface area contributed by atoms with Gasteiger partial charge in [-0.1, -0.05) is 12.1 Å². The Kier molecular flexibility index (Phi) is 5.56. The highest BCUT2D eigenvalue weighted by Gasteiger charge is 2.19. The molecule has 1 N–H and O–H groups in total. The molecule has 0 radical (unpaired) electrons. The number of nitriles is 1. The number of nitrogens with one attached hydrogen (secondary N) is 1. The summed E-state index contributed by atoms with van der Waals surface area (Å²) in [5.41, 5.74) is 2.03. The van der Waals surface area contributed by atoms with E-state index in [2.05, 4.69) is 5.32 Å². The van der Waals surface area contributed by atoms with Crippen LogP contribution in [0.3, 0.4) is 0 Å². The quantitative estimate of drug-likeness (QED) is 0.496. The van der Waals surface area contributed by atoms with Gasteiger partial charge in [0, 0.05) is 26.7 Å². The minimum absolute atomic E-state index is 0.0865. The number of methoxy groups -OCH3 is 1. The second-order valence-electron chi connectivity index (χ2n) is 5.27. The molecule has 22 heavy (non-hydrogen) atoms. The van der Waals surface area contributed by atoms with E-state index in [-0.39, 0.29) is 17.6 Å². The van der Waals surface area contributed by atoms with Crippen molar-refractivity contribution < 1.29 is 14.3 Å². The Balaban J connectivity index is 2.04. The highest BCUT2D eigenvalue weighted by molar-refractivity contribution is 6.01. The summed E-state index contributed by atoms with van der Waals surface area (Å²) in [6.45, 7) is 3.08. The van der Waals surface area contributed by atoms with Gasteiger partial charge in [0.1, 0.15) is 23.5 Å². The molecule has 0 saturated heterocycles. The first-order valence-electron chi connectivity index (χ1n) is 7.32. The van der Waals surface area contributed by atoms with Crippen molar-refractivity contribution in [3.05, 3.63) is 34.9 Å². The van der Waals surface area contributed by atoms with Gasteiger partial charge in [0.15, 0.2) is 0 Å². The van der Waals surface area contributed by atoms with E-state index in [1.807, 2.05) is 31.2 Å². The van der Waals surface area contributed by atoms with Crippen LogP contribution in [0.15, 0.2) is 23.8 Å². The molecule has 0 aliphatic carbocycles. The van der Waals surface area contributed by atoms with Crippen LogP contribution in [0.25, 0.3) is 6.08 Å². The topological polar surface area (TPSA) is 71.3 Å². The van der Waals surface area contributed by atoms with Gasteiger partial charge >= 0.3 is 0 Å². The molecule has 5 heteroatoms. The lowest BCUT2D eigenvalue weighted by molar-refractivity contribution is -0.117. The predicted octanol–water partition coefficient (Wildman–Crippen LogP) is 2.07. The zero-order chi connectivity index (χ0) is 15.9. The Morgan fingerprint density at radius 1 is 1.59 bits per heavy atom. The van der Waals surface area contributed by atoms with Crippen molar-refractivity contribution in [3.63, 3.8) is 0 Å². The van der Waals surface area contributed by atoms with Crippen molar-refractivity contribution in [1.82, 2.24) is 5.32 Å².